The summed E-state index contributed by atoms with van der Waals surface area (Å²) >= 11 is 0. The summed E-state index contributed by atoms with van der Waals surface area (Å²) in [6, 6.07) is 7.35. The maximum absolute atomic E-state index is 11.6. The third-order valence-electron chi connectivity index (χ3n) is 2.73. The molecule has 3 N–H and O–H groups in total. The first-order chi connectivity index (χ1) is 9.17. The Kier molecular flexibility index (Phi) is 4.35. The number of hydrogen-bond acceptors (Lipinski definition) is 4. The number of amides is 2. The van der Waals surface area contributed by atoms with Gasteiger partial charge in [-0.25, -0.2) is 4.79 Å². The van der Waals surface area contributed by atoms with E-state index in [1.165, 1.54) is 7.11 Å². The Balaban J connectivity index is 1.80. The number of carbonyl (C=O) groups excluding carboxylic acids is 2. The molecular weight excluding hydrogens is 246 g/mol. The van der Waals surface area contributed by atoms with E-state index in [4.69, 9.17) is 0 Å². The topological polar surface area (TPSA) is 79.5 Å². The van der Waals surface area contributed by atoms with Gasteiger partial charge in [-0.3, -0.25) is 10.1 Å². The first-order valence-electron chi connectivity index (χ1n) is 6.15. The van der Waals surface area contributed by atoms with Crippen LogP contribution < -0.4 is 16.0 Å². The van der Waals surface area contributed by atoms with Crippen molar-refractivity contribution in [1.29, 1.82) is 0 Å². The molecule has 0 bridgehead atoms. The molecule has 6 heteroatoms. The highest BCUT2D eigenvalue weighted by Gasteiger charge is 2.21. The van der Waals surface area contributed by atoms with Crippen LogP contribution in [0.5, 0.6) is 0 Å². The van der Waals surface area contributed by atoms with Gasteiger partial charge in [0.15, 0.2) is 0 Å². The summed E-state index contributed by atoms with van der Waals surface area (Å²) in [5.74, 6) is -0.0689. The maximum atomic E-state index is 11.6. The van der Waals surface area contributed by atoms with Crippen LogP contribution in [-0.4, -0.2) is 31.7 Å². The van der Waals surface area contributed by atoms with Crippen molar-refractivity contribution in [2.75, 3.05) is 24.3 Å². The van der Waals surface area contributed by atoms with Crippen LogP contribution in [0.2, 0.25) is 0 Å². The molecule has 1 aromatic rings. The van der Waals surface area contributed by atoms with Crippen LogP contribution >= 0.6 is 0 Å². The third kappa shape index (κ3) is 4.59. The molecule has 0 radical (unpaired) electrons. The summed E-state index contributed by atoms with van der Waals surface area (Å²) in [6.45, 7) is 0.326. The summed E-state index contributed by atoms with van der Waals surface area (Å²) in [7, 11) is 1.30. The lowest BCUT2D eigenvalue weighted by Gasteiger charge is -2.07. The molecule has 6 nitrogen and oxygen atoms in total. The van der Waals surface area contributed by atoms with Crippen molar-refractivity contribution < 1.29 is 14.3 Å². The number of ether oxygens (including phenoxy) is 1. The fourth-order valence-electron chi connectivity index (χ4n) is 1.54. The van der Waals surface area contributed by atoms with Crippen LogP contribution in [0.4, 0.5) is 16.2 Å². The van der Waals surface area contributed by atoms with Gasteiger partial charge in [0.25, 0.3) is 0 Å². The van der Waals surface area contributed by atoms with Crippen molar-refractivity contribution in [2.45, 2.75) is 18.9 Å². The number of nitrogens with one attached hydrogen (secondary N) is 3. The normalized spacial score (nSPS) is 13.7. The predicted molar refractivity (Wildman–Crippen MR) is 72.1 cm³/mol. The average molecular weight is 263 g/mol. The SMILES string of the molecule is COC(=O)Nc1ccc(NC(=O)CNC2CC2)cc1. The maximum Gasteiger partial charge on any atom is 0.411 e. The fourth-order valence-corrected chi connectivity index (χ4v) is 1.54. The van der Waals surface area contributed by atoms with Gasteiger partial charge in [-0.1, -0.05) is 0 Å². The molecule has 0 aromatic heterocycles. The Bertz CT molecular complexity index is 455. The standard InChI is InChI=1S/C13H17N3O3/c1-19-13(18)16-11-6-4-10(5-7-11)15-12(17)8-14-9-2-3-9/h4-7,9,14H,2-3,8H2,1H3,(H,15,17)(H,16,18). The molecule has 0 aliphatic heterocycles. The van der Waals surface area contributed by atoms with E-state index in [9.17, 15) is 9.59 Å². The molecule has 1 aliphatic carbocycles. The number of carbonyl (C=O) groups is 2. The molecule has 0 saturated heterocycles. The largest absolute Gasteiger partial charge is 0.453 e. The molecule has 1 saturated carbocycles. The van der Waals surface area contributed by atoms with Crippen molar-refractivity contribution in [2.24, 2.45) is 0 Å². The average Bonchev–Trinajstić information content (AvgIpc) is 3.22. The first-order valence-corrected chi connectivity index (χ1v) is 6.15. The zero-order valence-corrected chi connectivity index (χ0v) is 10.7. The Morgan fingerprint density at radius 3 is 2.26 bits per heavy atom. The third-order valence-corrected chi connectivity index (χ3v) is 2.73. The molecule has 0 heterocycles. The lowest BCUT2D eigenvalue weighted by atomic mass is 10.3. The molecule has 2 rings (SSSR count). The number of hydrogen-bond donors (Lipinski definition) is 3. The van der Waals surface area contributed by atoms with Gasteiger partial charge in [0.05, 0.1) is 13.7 Å². The first kappa shape index (κ1) is 13.4. The van der Waals surface area contributed by atoms with E-state index in [-0.39, 0.29) is 5.91 Å². The number of benzene rings is 1. The van der Waals surface area contributed by atoms with Gasteiger partial charge in [-0.05, 0) is 37.1 Å². The molecule has 1 aliphatic rings. The Labute approximate surface area is 111 Å². The quantitative estimate of drug-likeness (QED) is 0.753. The minimum atomic E-state index is -0.523. The summed E-state index contributed by atoms with van der Waals surface area (Å²) in [5, 5.41) is 8.44. The van der Waals surface area contributed by atoms with E-state index in [0.29, 0.717) is 24.0 Å². The number of anilines is 2. The van der Waals surface area contributed by atoms with Gasteiger partial charge in [0.1, 0.15) is 0 Å². The van der Waals surface area contributed by atoms with Gasteiger partial charge in [0.2, 0.25) is 5.91 Å². The van der Waals surface area contributed by atoms with Crippen LogP contribution in [0.1, 0.15) is 12.8 Å². The summed E-state index contributed by atoms with van der Waals surface area (Å²) < 4.78 is 4.48. The van der Waals surface area contributed by atoms with Crippen LogP contribution in [0.15, 0.2) is 24.3 Å². The Hall–Kier alpha value is -2.08. The van der Waals surface area contributed by atoms with Crippen molar-refractivity contribution in [1.82, 2.24) is 5.32 Å². The van der Waals surface area contributed by atoms with E-state index in [1.54, 1.807) is 24.3 Å². The van der Waals surface area contributed by atoms with Crippen molar-refractivity contribution in [3.05, 3.63) is 24.3 Å². The fraction of sp³-hybridized carbons (Fsp3) is 0.385. The van der Waals surface area contributed by atoms with E-state index in [1.807, 2.05) is 0 Å². The van der Waals surface area contributed by atoms with E-state index in [2.05, 4.69) is 20.7 Å². The highest BCUT2D eigenvalue weighted by Crippen LogP contribution is 2.18. The predicted octanol–water partition coefficient (Wildman–Crippen LogP) is 1.56. The molecular formula is C13H17N3O3. The van der Waals surface area contributed by atoms with E-state index >= 15 is 0 Å². The molecule has 19 heavy (non-hydrogen) atoms. The molecule has 0 unspecified atom stereocenters. The van der Waals surface area contributed by atoms with Crippen LogP contribution in [0.3, 0.4) is 0 Å². The molecule has 0 atom stereocenters. The van der Waals surface area contributed by atoms with Crippen molar-refractivity contribution >= 4 is 23.4 Å². The molecule has 1 fully saturated rings. The van der Waals surface area contributed by atoms with Crippen LogP contribution in [0.25, 0.3) is 0 Å². The zero-order valence-electron chi connectivity index (χ0n) is 10.7. The zero-order chi connectivity index (χ0) is 13.7. The van der Waals surface area contributed by atoms with Gasteiger partial charge in [-0.2, -0.15) is 0 Å². The minimum Gasteiger partial charge on any atom is -0.453 e. The number of rotatable bonds is 5. The Morgan fingerprint density at radius 1 is 1.16 bits per heavy atom. The minimum absolute atomic E-state index is 0.0689. The van der Waals surface area contributed by atoms with Gasteiger partial charge in [-0.15, -0.1) is 0 Å². The molecule has 0 spiro atoms. The lowest BCUT2D eigenvalue weighted by Crippen LogP contribution is -2.29. The highest BCUT2D eigenvalue weighted by atomic mass is 16.5. The highest BCUT2D eigenvalue weighted by molar-refractivity contribution is 5.92. The molecule has 102 valence electrons. The van der Waals surface area contributed by atoms with Crippen molar-refractivity contribution in [3.63, 3.8) is 0 Å². The lowest BCUT2D eigenvalue weighted by molar-refractivity contribution is -0.115. The van der Waals surface area contributed by atoms with Gasteiger partial charge in [0, 0.05) is 17.4 Å². The monoisotopic (exact) mass is 263 g/mol. The second kappa shape index (κ2) is 6.19. The summed E-state index contributed by atoms with van der Waals surface area (Å²) in [6.07, 6.45) is 1.79. The molecule has 2 amide bonds. The van der Waals surface area contributed by atoms with E-state index < -0.39 is 6.09 Å². The second-order valence-electron chi connectivity index (χ2n) is 4.40. The second-order valence-corrected chi connectivity index (χ2v) is 4.40. The number of methoxy groups -OCH3 is 1. The van der Waals surface area contributed by atoms with Crippen LogP contribution in [-0.2, 0) is 9.53 Å². The smallest absolute Gasteiger partial charge is 0.411 e. The van der Waals surface area contributed by atoms with Gasteiger partial charge >= 0.3 is 6.09 Å². The van der Waals surface area contributed by atoms with E-state index in [0.717, 1.165) is 12.8 Å². The molecule has 1 aromatic carbocycles. The van der Waals surface area contributed by atoms with Crippen molar-refractivity contribution in [3.8, 4) is 0 Å². The summed E-state index contributed by atoms with van der Waals surface area (Å²) in [5.41, 5.74) is 1.30. The van der Waals surface area contributed by atoms with Gasteiger partial charge < -0.3 is 15.4 Å². The van der Waals surface area contributed by atoms with Crippen LogP contribution in [0, 0.1) is 0 Å². The Morgan fingerprint density at radius 2 is 1.74 bits per heavy atom. The summed E-state index contributed by atoms with van der Waals surface area (Å²) in [4.78, 5) is 22.6.